The quantitative estimate of drug-likeness (QED) is 0.642. The molecule has 0 spiro atoms. The molecule has 4 unspecified atom stereocenters. The average molecular weight is 198 g/mol. The predicted octanol–water partition coefficient (Wildman–Crippen LogP) is 0.439. The van der Waals surface area contributed by atoms with Crippen LogP contribution in [-0.2, 0) is 0 Å². The molecule has 2 aliphatic heterocycles. The first-order valence-electron chi connectivity index (χ1n) is 5.84. The van der Waals surface area contributed by atoms with E-state index < -0.39 is 0 Å². The maximum absolute atomic E-state index is 9.84. The average Bonchev–Trinajstić information content (AvgIpc) is 2.57. The summed E-state index contributed by atoms with van der Waals surface area (Å²) in [5, 5.41) is 13.1. The highest BCUT2D eigenvalue weighted by molar-refractivity contribution is 4.93. The molecule has 82 valence electrons. The van der Waals surface area contributed by atoms with Gasteiger partial charge in [0.25, 0.3) is 0 Å². The molecule has 0 saturated carbocycles. The van der Waals surface area contributed by atoms with Gasteiger partial charge in [-0.3, -0.25) is 4.90 Å². The maximum atomic E-state index is 9.84. The van der Waals surface area contributed by atoms with Gasteiger partial charge in [0.1, 0.15) is 0 Å². The first kappa shape index (κ1) is 10.4. The second kappa shape index (κ2) is 4.17. The van der Waals surface area contributed by atoms with Crippen LogP contribution in [0.15, 0.2) is 0 Å². The standard InChI is InChI=1S/C11H22N2O/c1-8-4-3-5-13(9(8)2)10-6-12-7-11(10)14/h8-12,14H,3-7H2,1-2H3. The molecule has 0 aromatic carbocycles. The van der Waals surface area contributed by atoms with Gasteiger partial charge in [-0.25, -0.2) is 0 Å². The van der Waals surface area contributed by atoms with Crippen molar-refractivity contribution in [2.24, 2.45) is 5.92 Å². The molecule has 2 saturated heterocycles. The van der Waals surface area contributed by atoms with Crippen LogP contribution in [0.2, 0.25) is 0 Å². The molecule has 2 heterocycles. The fraction of sp³-hybridized carbons (Fsp3) is 1.00. The predicted molar refractivity (Wildman–Crippen MR) is 57.2 cm³/mol. The third kappa shape index (κ3) is 1.81. The Balaban J connectivity index is 2.01. The third-order valence-corrected chi connectivity index (χ3v) is 4.00. The van der Waals surface area contributed by atoms with E-state index in [1.54, 1.807) is 0 Å². The van der Waals surface area contributed by atoms with E-state index in [0.717, 1.165) is 25.6 Å². The molecule has 14 heavy (non-hydrogen) atoms. The zero-order valence-electron chi connectivity index (χ0n) is 9.24. The summed E-state index contributed by atoms with van der Waals surface area (Å²) in [5.41, 5.74) is 0. The number of piperidine rings is 1. The second-order valence-electron chi connectivity index (χ2n) is 4.89. The van der Waals surface area contributed by atoms with Gasteiger partial charge in [0.05, 0.1) is 6.10 Å². The van der Waals surface area contributed by atoms with E-state index in [2.05, 4.69) is 24.1 Å². The van der Waals surface area contributed by atoms with Crippen LogP contribution in [0, 0.1) is 5.92 Å². The Hall–Kier alpha value is -0.120. The van der Waals surface area contributed by atoms with Crippen molar-refractivity contribution in [3.63, 3.8) is 0 Å². The first-order chi connectivity index (χ1) is 6.70. The third-order valence-electron chi connectivity index (χ3n) is 4.00. The van der Waals surface area contributed by atoms with Crippen LogP contribution in [0.1, 0.15) is 26.7 Å². The van der Waals surface area contributed by atoms with E-state index in [4.69, 9.17) is 0 Å². The molecule has 3 nitrogen and oxygen atoms in total. The van der Waals surface area contributed by atoms with Crippen molar-refractivity contribution in [3.05, 3.63) is 0 Å². The highest BCUT2D eigenvalue weighted by atomic mass is 16.3. The number of likely N-dealkylation sites (tertiary alicyclic amines) is 1. The molecule has 2 rings (SSSR count). The summed E-state index contributed by atoms with van der Waals surface area (Å²) in [6.07, 6.45) is 2.46. The largest absolute Gasteiger partial charge is 0.390 e. The highest BCUT2D eigenvalue weighted by Gasteiger charge is 2.36. The van der Waals surface area contributed by atoms with Gasteiger partial charge in [-0.2, -0.15) is 0 Å². The fourth-order valence-corrected chi connectivity index (χ4v) is 2.82. The Morgan fingerprint density at radius 1 is 1.29 bits per heavy atom. The molecule has 0 bridgehead atoms. The molecule has 3 heteroatoms. The molecule has 0 aromatic rings. The van der Waals surface area contributed by atoms with Crippen molar-refractivity contribution in [2.75, 3.05) is 19.6 Å². The van der Waals surface area contributed by atoms with E-state index in [9.17, 15) is 5.11 Å². The fourth-order valence-electron chi connectivity index (χ4n) is 2.82. The molecule has 2 aliphatic rings. The summed E-state index contributed by atoms with van der Waals surface area (Å²) < 4.78 is 0. The van der Waals surface area contributed by atoms with E-state index in [0.29, 0.717) is 12.1 Å². The number of nitrogens with one attached hydrogen (secondary N) is 1. The lowest BCUT2D eigenvalue weighted by Crippen LogP contribution is -2.52. The molecule has 0 radical (unpaired) electrons. The number of nitrogens with zero attached hydrogens (tertiary/aromatic N) is 1. The Labute approximate surface area is 86.5 Å². The van der Waals surface area contributed by atoms with Crippen LogP contribution < -0.4 is 5.32 Å². The van der Waals surface area contributed by atoms with Gasteiger partial charge in [0, 0.05) is 25.2 Å². The molecule has 4 atom stereocenters. The van der Waals surface area contributed by atoms with Crippen molar-refractivity contribution in [1.82, 2.24) is 10.2 Å². The molecule has 0 amide bonds. The van der Waals surface area contributed by atoms with Crippen molar-refractivity contribution in [3.8, 4) is 0 Å². The minimum atomic E-state index is -0.164. The van der Waals surface area contributed by atoms with Crippen molar-refractivity contribution in [2.45, 2.75) is 44.9 Å². The number of rotatable bonds is 1. The van der Waals surface area contributed by atoms with Crippen molar-refractivity contribution >= 4 is 0 Å². The number of hydrogen-bond acceptors (Lipinski definition) is 3. The lowest BCUT2D eigenvalue weighted by Gasteiger charge is -2.42. The molecule has 0 aliphatic carbocycles. The van der Waals surface area contributed by atoms with E-state index in [1.807, 2.05) is 0 Å². The Bertz CT molecular complexity index is 198. The summed E-state index contributed by atoms with van der Waals surface area (Å²) in [7, 11) is 0. The lowest BCUT2D eigenvalue weighted by atomic mass is 9.90. The smallest absolute Gasteiger partial charge is 0.0831 e. The Morgan fingerprint density at radius 2 is 2.07 bits per heavy atom. The summed E-state index contributed by atoms with van der Waals surface area (Å²) in [6, 6.07) is 0.982. The number of hydrogen-bond donors (Lipinski definition) is 2. The van der Waals surface area contributed by atoms with E-state index in [-0.39, 0.29) is 6.10 Å². The summed E-state index contributed by atoms with van der Waals surface area (Å²) >= 11 is 0. The zero-order valence-corrected chi connectivity index (χ0v) is 9.24. The summed E-state index contributed by atoms with van der Waals surface area (Å²) in [6.45, 7) is 7.51. The first-order valence-corrected chi connectivity index (χ1v) is 5.84. The molecule has 0 aromatic heterocycles. The summed E-state index contributed by atoms with van der Waals surface area (Å²) in [4.78, 5) is 2.50. The van der Waals surface area contributed by atoms with E-state index in [1.165, 1.54) is 12.8 Å². The number of aliphatic hydroxyl groups excluding tert-OH is 1. The number of aliphatic hydroxyl groups is 1. The van der Waals surface area contributed by atoms with Gasteiger partial charge in [-0.15, -0.1) is 0 Å². The minimum Gasteiger partial charge on any atom is -0.390 e. The Kier molecular flexibility index (Phi) is 3.10. The zero-order chi connectivity index (χ0) is 10.1. The van der Waals surface area contributed by atoms with Gasteiger partial charge in [0.2, 0.25) is 0 Å². The van der Waals surface area contributed by atoms with Gasteiger partial charge < -0.3 is 10.4 Å². The van der Waals surface area contributed by atoms with Crippen LogP contribution in [0.5, 0.6) is 0 Å². The minimum absolute atomic E-state index is 0.164. The topological polar surface area (TPSA) is 35.5 Å². The highest BCUT2D eigenvalue weighted by Crippen LogP contribution is 2.26. The van der Waals surface area contributed by atoms with Gasteiger partial charge in [0.15, 0.2) is 0 Å². The van der Waals surface area contributed by atoms with Gasteiger partial charge in [-0.1, -0.05) is 6.92 Å². The molecule has 2 fully saturated rings. The summed E-state index contributed by atoms with van der Waals surface area (Å²) in [5.74, 6) is 0.775. The molecule has 2 N–H and O–H groups in total. The Morgan fingerprint density at radius 3 is 2.71 bits per heavy atom. The lowest BCUT2D eigenvalue weighted by molar-refractivity contribution is 0.0201. The van der Waals surface area contributed by atoms with Gasteiger partial charge in [-0.05, 0) is 32.2 Å². The normalized spacial score (nSPS) is 45.6. The monoisotopic (exact) mass is 198 g/mol. The van der Waals surface area contributed by atoms with Crippen LogP contribution in [0.3, 0.4) is 0 Å². The maximum Gasteiger partial charge on any atom is 0.0831 e. The molecular weight excluding hydrogens is 176 g/mol. The van der Waals surface area contributed by atoms with Crippen molar-refractivity contribution in [1.29, 1.82) is 0 Å². The van der Waals surface area contributed by atoms with Crippen LogP contribution in [0.25, 0.3) is 0 Å². The van der Waals surface area contributed by atoms with Crippen LogP contribution in [-0.4, -0.2) is 47.8 Å². The number of β-amino-alcohol motifs (C(OH)–C–C–N with tert-alkyl or cyclic N) is 1. The van der Waals surface area contributed by atoms with E-state index >= 15 is 0 Å². The van der Waals surface area contributed by atoms with Crippen molar-refractivity contribution < 1.29 is 5.11 Å². The molecular formula is C11H22N2O. The van der Waals surface area contributed by atoms with Gasteiger partial charge >= 0.3 is 0 Å². The van der Waals surface area contributed by atoms with Crippen LogP contribution in [0.4, 0.5) is 0 Å². The second-order valence-corrected chi connectivity index (χ2v) is 4.89. The SMILES string of the molecule is CC1CCCN(C2CNCC2O)C1C. The van der Waals surface area contributed by atoms with Crippen LogP contribution >= 0.6 is 0 Å².